The van der Waals surface area contributed by atoms with Crippen LogP contribution in [0, 0.1) is 0 Å². The van der Waals surface area contributed by atoms with Gasteiger partial charge in [-0.2, -0.15) is 0 Å². The third-order valence-corrected chi connectivity index (χ3v) is 1.71. The minimum atomic E-state index is -1.24. The highest BCUT2D eigenvalue weighted by atomic mass is 16.4. The van der Waals surface area contributed by atoms with Crippen molar-refractivity contribution in [2.75, 3.05) is 0 Å². The van der Waals surface area contributed by atoms with Gasteiger partial charge in [-0.1, -0.05) is 18.2 Å². The Balaban J connectivity index is 2.44. The van der Waals surface area contributed by atoms with Crippen molar-refractivity contribution in [3.8, 4) is 0 Å². The van der Waals surface area contributed by atoms with Gasteiger partial charge in [0.05, 0.1) is 0 Å². The maximum atomic E-state index is 11.4. The molecule has 0 atom stereocenters. The van der Waals surface area contributed by atoms with E-state index in [1.54, 1.807) is 30.3 Å². The summed E-state index contributed by atoms with van der Waals surface area (Å²) in [6.07, 6.45) is 1.47. The van der Waals surface area contributed by atoms with Gasteiger partial charge < -0.3 is 5.11 Å². The Morgan fingerprint density at radius 1 is 1.00 bits per heavy atom. The van der Waals surface area contributed by atoms with Crippen LogP contribution in [0.15, 0.2) is 42.5 Å². The van der Waals surface area contributed by atoms with Crippen LogP contribution in [-0.4, -0.2) is 22.9 Å². The first-order valence-corrected chi connectivity index (χ1v) is 4.66. The fourth-order valence-electron chi connectivity index (χ4n) is 0.969. The summed E-state index contributed by atoms with van der Waals surface area (Å²) in [7, 11) is 0. The Labute approximate surface area is 96.9 Å². The van der Waals surface area contributed by atoms with Crippen LogP contribution in [0.5, 0.6) is 0 Å². The van der Waals surface area contributed by atoms with Gasteiger partial charge in [-0.25, -0.2) is 4.79 Å². The van der Waals surface area contributed by atoms with Gasteiger partial charge in [-0.05, 0) is 12.1 Å². The number of amides is 2. The number of benzene rings is 1. The fraction of sp³-hybridized carbons (Fsp3) is 0. The molecular formula is C11H10N2O4. The maximum Gasteiger partial charge on any atom is 0.328 e. The zero-order valence-corrected chi connectivity index (χ0v) is 8.71. The normalized spacial score (nSPS) is 9.88. The first kappa shape index (κ1) is 12.4. The molecule has 0 radical (unpaired) electrons. The van der Waals surface area contributed by atoms with Crippen LogP contribution in [-0.2, 0) is 9.59 Å². The van der Waals surface area contributed by atoms with E-state index in [9.17, 15) is 14.4 Å². The Kier molecular flexibility index (Phi) is 4.44. The number of carbonyl (C=O) groups excluding carboxylic acids is 2. The molecule has 1 rings (SSSR count). The van der Waals surface area contributed by atoms with Crippen molar-refractivity contribution in [2.45, 2.75) is 0 Å². The second-order valence-corrected chi connectivity index (χ2v) is 2.98. The largest absolute Gasteiger partial charge is 0.478 e. The predicted molar refractivity (Wildman–Crippen MR) is 58.8 cm³/mol. The fourth-order valence-corrected chi connectivity index (χ4v) is 0.969. The third-order valence-electron chi connectivity index (χ3n) is 1.71. The first-order valence-electron chi connectivity index (χ1n) is 4.66. The average molecular weight is 234 g/mol. The number of carboxylic acid groups (broad SMARTS) is 1. The molecule has 0 aromatic heterocycles. The van der Waals surface area contributed by atoms with Crippen molar-refractivity contribution < 1.29 is 19.5 Å². The van der Waals surface area contributed by atoms with E-state index >= 15 is 0 Å². The Morgan fingerprint density at radius 2 is 1.65 bits per heavy atom. The van der Waals surface area contributed by atoms with Crippen LogP contribution in [0.3, 0.4) is 0 Å². The van der Waals surface area contributed by atoms with Crippen LogP contribution in [0.25, 0.3) is 0 Å². The highest BCUT2D eigenvalue weighted by Crippen LogP contribution is 1.96. The van der Waals surface area contributed by atoms with Crippen LogP contribution >= 0.6 is 0 Å². The molecule has 0 fully saturated rings. The number of hydrogen-bond acceptors (Lipinski definition) is 3. The van der Waals surface area contributed by atoms with Crippen molar-refractivity contribution in [3.05, 3.63) is 48.0 Å². The van der Waals surface area contributed by atoms with E-state index in [1.165, 1.54) is 0 Å². The molecule has 6 heteroatoms. The molecule has 0 spiro atoms. The molecule has 0 aliphatic rings. The minimum absolute atomic E-state index is 0.384. The van der Waals surface area contributed by atoms with Gasteiger partial charge in [-0.15, -0.1) is 0 Å². The van der Waals surface area contributed by atoms with Crippen molar-refractivity contribution in [2.24, 2.45) is 0 Å². The molecule has 0 bridgehead atoms. The summed E-state index contributed by atoms with van der Waals surface area (Å²) >= 11 is 0. The van der Waals surface area contributed by atoms with E-state index in [1.807, 2.05) is 5.43 Å². The van der Waals surface area contributed by atoms with Crippen molar-refractivity contribution in [3.63, 3.8) is 0 Å². The smallest absolute Gasteiger partial charge is 0.328 e. The quantitative estimate of drug-likeness (QED) is 0.510. The summed E-state index contributed by atoms with van der Waals surface area (Å²) in [5.41, 5.74) is 4.57. The van der Waals surface area contributed by atoms with E-state index in [-0.39, 0.29) is 0 Å². The van der Waals surface area contributed by atoms with E-state index in [4.69, 9.17) is 5.11 Å². The van der Waals surface area contributed by atoms with Crippen molar-refractivity contribution in [1.29, 1.82) is 0 Å². The van der Waals surface area contributed by atoms with Gasteiger partial charge in [0.2, 0.25) is 0 Å². The Morgan fingerprint density at radius 3 is 2.24 bits per heavy atom. The van der Waals surface area contributed by atoms with Gasteiger partial charge in [0.15, 0.2) is 0 Å². The number of hydrazine groups is 1. The topological polar surface area (TPSA) is 95.5 Å². The van der Waals surface area contributed by atoms with Gasteiger partial charge in [0.25, 0.3) is 11.8 Å². The number of rotatable bonds is 3. The van der Waals surface area contributed by atoms with E-state index in [0.29, 0.717) is 11.6 Å². The molecule has 0 saturated carbocycles. The van der Waals surface area contributed by atoms with Gasteiger partial charge in [-0.3, -0.25) is 20.4 Å². The monoisotopic (exact) mass is 234 g/mol. The van der Waals surface area contributed by atoms with E-state index in [0.717, 1.165) is 6.08 Å². The summed E-state index contributed by atoms with van der Waals surface area (Å²) in [4.78, 5) is 32.5. The second-order valence-electron chi connectivity index (χ2n) is 2.98. The zero-order valence-electron chi connectivity index (χ0n) is 8.71. The van der Waals surface area contributed by atoms with E-state index in [2.05, 4.69) is 5.43 Å². The molecular weight excluding hydrogens is 224 g/mol. The summed E-state index contributed by atoms with van der Waals surface area (Å²) in [6.45, 7) is 0. The Hall–Kier alpha value is -2.63. The molecule has 17 heavy (non-hydrogen) atoms. The maximum absolute atomic E-state index is 11.4. The molecule has 0 unspecified atom stereocenters. The molecule has 0 heterocycles. The highest BCUT2D eigenvalue weighted by molar-refractivity contribution is 5.98. The Bertz CT molecular complexity index is 454. The van der Waals surface area contributed by atoms with Crippen LogP contribution in [0.2, 0.25) is 0 Å². The van der Waals surface area contributed by atoms with Gasteiger partial charge in [0.1, 0.15) is 0 Å². The first-order chi connectivity index (χ1) is 8.09. The number of hydrogen-bond donors (Lipinski definition) is 3. The lowest BCUT2D eigenvalue weighted by atomic mass is 10.2. The summed E-state index contributed by atoms with van der Waals surface area (Å²) < 4.78 is 0. The number of carboxylic acids is 1. The molecule has 1 aromatic carbocycles. The summed E-state index contributed by atoms with van der Waals surface area (Å²) in [5.74, 6) is -2.45. The van der Waals surface area contributed by atoms with Gasteiger partial charge >= 0.3 is 5.97 Å². The van der Waals surface area contributed by atoms with Crippen LogP contribution < -0.4 is 10.9 Å². The lowest BCUT2D eigenvalue weighted by Crippen LogP contribution is -2.40. The SMILES string of the molecule is O=C(O)/C=C/C(=O)NNC(=O)c1ccccc1. The summed E-state index contributed by atoms with van der Waals surface area (Å²) in [5, 5.41) is 8.26. The van der Waals surface area contributed by atoms with Crippen LogP contribution in [0.4, 0.5) is 0 Å². The van der Waals surface area contributed by atoms with Crippen molar-refractivity contribution in [1.82, 2.24) is 10.9 Å². The van der Waals surface area contributed by atoms with E-state index < -0.39 is 17.8 Å². The molecule has 0 aliphatic carbocycles. The van der Waals surface area contributed by atoms with Crippen LogP contribution in [0.1, 0.15) is 10.4 Å². The lowest BCUT2D eigenvalue weighted by Gasteiger charge is -2.04. The number of aliphatic carboxylic acids is 1. The average Bonchev–Trinajstić information content (AvgIpc) is 2.34. The molecule has 88 valence electrons. The number of nitrogens with one attached hydrogen (secondary N) is 2. The number of carbonyl (C=O) groups is 3. The standard InChI is InChI=1S/C11H10N2O4/c14-9(6-7-10(15)16)12-13-11(17)8-4-2-1-3-5-8/h1-7H,(H,12,14)(H,13,17)(H,15,16)/b7-6+. The minimum Gasteiger partial charge on any atom is -0.478 e. The molecule has 0 saturated heterocycles. The molecule has 0 aliphatic heterocycles. The molecule has 1 aromatic rings. The zero-order chi connectivity index (χ0) is 12.7. The van der Waals surface area contributed by atoms with Crippen molar-refractivity contribution >= 4 is 17.8 Å². The third kappa shape index (κ3) is 4.61. The lowest BCUT2D eigenvalue weighted by molar-refractivity contribution is -0.131. The summed E-state index contributed by atoms with van der Waals surface area (Å²) in [6, 6.07) is 8.27. The molecule has 3 N–H and O–H groups in total. The predicted octanol–water partition coefficient (Wildman–Crippen LogP) is 0.0884. The highest BCUT2D eigenvalue weighted by Gasteiger charge is 2.04. The van der Waals surface area contributed by atoms with Gasteiger partial charge in [0, 0.05) is 17.7 Å². The molecule has 2 amide bonds. The molecule has 6 nitrogen and oxygen atoms in total. The second kappa shape index (κ2) is 6.06.